The molecule has 2 N–H and O–H groups in total. The van der Waals surface area contributed by atoms with E-state index in [9.17, 15) is 8.42 Å². The predicted molar refractivity (Wildman–Crippen MR) is 103 cm³/mol. The van der Waals surface area contributed by atoms with Gasteiger partial charge in [-0.25, -0.2) is 8.42 Å². The van der Waals surface area contributed by atoms with Crippen LogP contribution in [-0.4, -0.2) is 8.42 Å². The van der Waals surface area contributed by atoms with Crippen molar-refractivity contribution in [2.45, 2.75) is 18.7 Å². The molecule has 0 spiro atoms. The van der Waals surface area contributed by atoms with Crippen molar-refractivity contribution in [1.82, 2.24) is 0 Å². The van der Waals surface area contributed by atoms with Crippen LogP contribution in [0.2, 0.25) is 0 Å². The summed E-state index contributed by atoms with van der Waals surface area (Å²) in [6.45, 7) is 4.09. The third-order valence-corrected chi connectivity index (χ3v) is 5.26. The fraction of sp³-hybridized carbons (Fsp3) is 0.100. The van der Waals surface area contributed by atoms with Gasteiger partial charge in [0.25, 0.3) is 10.0 Å². The van der Waals surface area contributed by atoms with E-state index in [1.54, 1.807) is 42.5 Å². The monoisotopic (exact) mass is 352 g/mol. The lowest BCUT2D eigenvalue weighted by Gasteiger charge is -2.12. The smallest absolute Gasteiger partial charge is 0.261 e. The van der Waals surface area contributed by atoms with Crippen LogP contribution in [0.15, 0.2) is 77.7 Å². The zero-order valence-electron chi connectivity index (χ0n) is 14.2. The van der Waals surface area contributed by atoms with Crippen LogP contribution in [0.3, 0.4) is 0 Å². The van der Waals surface area contributed by atoms with Gasteiger partial charge in [-0.1, -0.05) is 30.3 Å². The van der Waals surface area contributed by atoms with Gasteiger partial charge in [0, 0.05) is 17.1 Å². The minimum absolute atomic E-state index is 0.243. The molecule has 3 aromatic carbocycles. The summed E-state index contributed by atoms with van der Waals surface area (Å²) >= 11 is 0. The summed E-state index contributed by atoms with van der Waals surface area (Å²) in [5, 5.41) is 3.36. The maximum atomic E-state index is 12.3. The van der Waals surface area contributed by atoms with Gasteiger partial charge >= 0.3 is 0 Å². The lowest BCUT2D eigenvalue weighted by molar-refractivity contribution is 0.601. The summed E-state index contributed by atoms with van der Waals surface area (Å²) in [7, 11) is -3.57. The molecular formula is C20H20N2O2S. The Morgan fingerprint density at radius 2 is 1.40 bits per heavy atom. The number of benzene rings is 3. The molecule has 3 rings (SSSR count). The summed E-state index contributed by atoms with van der Waals surface area (Å²) in [6.07, 6.45) is 0. The second-order valence-electron chi connectivity index (χ2n) is 5.94. The average Bonchev–Trinajstić information content (AvgIpc) is 2.60. The minimum atomic E-state index is -3.57. The van der Waals surface area contributed by atoms with E-state index in [0.717, 1.165) is 16.9 Å². The molecule has 0 saturated carbocycles. The Balaban J connectivity index is 1.75. The van der Waals surface area contributed by atoms with E-state index in [0.29, 0.717) is 5.69 Å². The Bertz CT molecular complexity index is 966. The molecule has 0 aromatic heterocycles. The predicted octanol–water partition coefficient (Wildman–Crippen LogP) is 4.85. The average molecular weight is 352 g/mol. The van der Waals surface area contributed by atoms with E-state index < -0.39 is 10.0 Å². The van der Waals surface area contributed by atoms with Gasteiger partial charge in [0.05, 0.1) is 4.90 Å². The maximum absolute atomic E-state index is 12.3. The highest BCUT2D eigenvalue weighted by Crippen LogP contribution is 2.24. The van der Waals surface area contributed by atoms with Crippen molar-refractivity contribution in [2.75, 3.05) is 10.0 Å². The highest BCUT2D eigenvalue weighted by molar-refractivity contribution is 7.92. The first-order chi connectivity index (χ1) is 11.9. The Morgan fingerprint density at radius 3 is 2.08 bits per heavy atom. The van der Waals surface area contributed by atoms with Crippen LogP contribution < -0.4 is 10.0 Å². The van der Waals surface area contributed by atoms with Gasteiger partial charge in [-0.2, -0.15) is 0 Å². The molecule has 0 saturated heterocycles. The van der Waals surface area contributed by atoms with Crippen molar-refractivity contribution in [1.29, 1.82) is 0 Å². The summed E-state index contributed by atoms with van der Waals surface area (Å²) in [6, 6.07) is 21.7. The quantitative estimate of drug-likeness (QED) is 0.690. The third kappa shape index (κ3) is 4.19. The van der Waals surface area contributed by atoms with Gasteiger partial charge in [-0.3, -0.25) is 4.72 Å². The van der Waals surface area contributed by atoms with Crippen LogP contribution in [0.25, 0.3) is 0 Å². The molecule has 4 nitrogen and oxygen atoms in total. The van der Waals surface area contributed by atoms with Crippen LogP contribution in [-0.2, 0) is 10.0 Å². The van der Waals surface area contributed by atoms with Crippen LogP contribution in [0.5, 0.6) is 0 Å². The molecule has 3 aromatic rings. The molecule has 0 amide bonds. The molecule has 0 aliphatic heterocycles. The molecular weight excluding hydrogens is 332 g/mol. The molecule has 0 unspecified atom stereocenters. The number of hydrogen-bond donors (Lipinski definition) is 2. The van der Waals surface area contributed by atoms with Crippen molar-refractivity contribution < 1.29 is 8.42 Å². The molecule has 25 heavy (non-hydrogen) atoms. The summed E-state index contributed by atoms with van der Waals surface area (Å²) < 4.78 is 27.3. The van der Waals surface area contributed by atoms with Crippen molar-refractivity contribution >= 4 is 27.1 Å². The highest BCUT2D eigenvalue weighted by Gasteiger charge is 2.13. The van der Waals surface area contributed by atoms with E-state index in [-0.39, 0.29) is 4.90 Å². The minimum Gasteiger partial charge on any atom is -0.355 e. The van der Waals surface area contributed by atoms with Crippen LogP contribution in [0.1, 0.15) is 11.1 Å². The fourth-order valence-corrected chi connectivity index (χ4v) is 3.54. The highest BCUT2D eigenvalue weighted by atomic mass is 32.2. The number of hydrogen-bond acceptors (Lipinski definition) is 3. The number of rotatable bonds is 5. The standard InChI is InChI=1S/C20H20N2O2S/c1-15-8-9-16(2)20(14-15)21-17-10-12-18(13-11-17)22-25(23,24)19-6-4-3-5-7-19/h3-14,21-22H,1-2H3. The first-order valence-corrected chi connectivity index (χ1v) is 9.44. The number of aryl methyl sites for hydroxylation is 2. The molecule has 0 fully saturated rings. The largest absolute Gasteiger partial charge is 0.355 e. The molecule has 128 valence electrons. The van der Waals surface area contributed by atoms with E-state index in [1.165, 1.54) is 5.56 Å². The van der Waals surface area contributed by atoms with Crippen molar-refractivity contribution in [3.8, 4) is 0 Å². The third-order valence-electron chi connectivity index (χ3n) is 3.86. The van der Waals surface area contributed by atoms with Crippen molar-refractivity contribution in [2.24, 2.45) is 0 Å². The Kier molecular flexibility index (Phi) is 4.76. The summed E-state index contributed by atoms with van der Waals surface area (Å²) in [4.78, 5) is 0.243. The Labute approximate surface area is 148 Å². The number of sulfonamides is 1. The molecule has 0 aliphatic rings. The van der Waals surface area contributed by atoms with Crippen LogP contribution in [0.4, 0.5) is 17.1 Å². The summed E-state index contributed by atoms with van der Waals surface area (Å²) in [5.41, 5.74) is 4.80. The van der Waals surface area contributed by atoms with Crippen LogP contribution >= 0.6 is 0 Å². The topological polar surface area (TPSA) is 58.2 Å². The second-order valence-corrected chi connectivity index (χ2v) is 7.62. The van der Waals surface area contributed by atoms with Gasteiger partial charge in [-0.15, -0.1) is 0 Å². The van der Waals surface area contributed by atoms with Gasteiger partial charge < -0.3 is 5.32 Å². The van der Waals surface area contributed by atoms with Gasteiger partial charge in [0.1, 0.15) is 0 Å². The molecule has 5 heteroatoms. The Morgan fingerprint density at radius 1 is 0.760 bits per heavy atom. The summed E-state index contributed by atoms with van der Waals surface area (Å²) in [5.74, 6) is 0. The molecule has 0 heterocycles. The zero-order valence-corrected chi connectivity index (χ0v) is 15.0. The maximum Gasteiger partial charge on any atom is 0.261 e. The van der Waals surface area contributed by atoms with Crippen LogP contribution in [0, 0.1) is 13.8 Å². The van der Waals surface area contributed by atoms with Crippen molar-refractivity contribution in [3.05, 3.63) is 83.9 Å². The van der Waals surface area contributed by atoms with E-state index >= 15 is 0 Å². The number of anilines is 3. The lowest BCUT2D eigenvalue weighted by atomic mass is 10.1. The second kappa shape index (κ2) is 6.99. The molecule has 0 atom stereocenters. The van der Waals surface area contributed by atoms with Gasteiger partial charge in [0.15, 0.2) is 0 Å². The zero-order chi connectivity index (χ0) is 17.9. The van der Waals surface area contributed by atoms with E-state index in [1.807, 2.05) is 26.0 Å². The van der Waals surface area contributed by atoms with E-state index in [4.69, 9.17) is 0 Å². The first-order valence-electron chi connectivity index (χ1n) is 7.96. The Hall–Kier alpha value is -2.79. The van der Waals surface area contributed by atoms with Gasteiger partial charge in [-0.05, 0) is 67.4 Å². The van der Waals surface area contributed by atoms with E-state index in [2.05, 4.69) is 28.2 Å². The normalized spacial score (nSPS) is 11.1. The molecule has 0 aliphatic carbocycles. The molecule has 0 bridgehead atoms. The first kappa shape index (κ1) is 17.0. The lowest BCUT2D eigenvalue weighted by Crippen LogP contribution is -2.12. The van der Waals surface area contributed by atoms with Crippen molar-refractivity contribution in [3.63, 3.8) is 0 Å². The SMILES string of the molecule is Cc1ccc(C)c(Nc2ccc(NS(=O)(=O)c3ccccc3)cc2)c1. The molecule has 0 radical (unpaired) electrons. The van der Waals surface area contributed by atoms with Gasteiger partial charge in [0.2, 0.25) is 0 Å². The number of nitrogens with one attached hydrogen (secondary N) is 2. The fourth-order valence-electron chi connectivity index (χ4n) is 2.46.